The van der Waals surface area contributed by atoms with E-state index in [4.69, 9.17) is 24.3 Å². The van der Waals surface area contributed by atoms with Crippen molar-refractivity contribution in [3.63, 3.8) is 0 Å². The SMILES string of the molecule is CC/C=C\C[C@@H](O)/C=C/C=C\C/C=C\C=C\[C@@H](O)/C=C\CCCC(=O)OC[C@H](COP(=O)(O)OCCN)OC(=O)CCCCCCCCCCCCCC. The lowest BCUT2D eigenvalue weighted by atomic mass is 10.0. The number of allylic oxidation sites excluding steroid dienone is 8. The van der Waals surface area contributed by atoms with Crippen LogP contribution in [0.3, 0.4) is 0 Å². The molecule has 1 unspecified atom stereocenters. The number of rotatable bonds is 36. The number of carbonyl (C=O) groups excluding carboxylic acids is 2. The number of phosphoric ester groups is 1. The maximum Gasteiger partial charge on any atom is 0.472 e. The molecule has 4 atom stereocenters. The summed E-state index contributed by atoms with van der Waals surface area (Å²) in [5.74, 6) is -1.02. The molecule has 0 fully saturated rings. The normalized spacial score (nSPS) is 15.3. The number of hydrogen-bond acceptors (Lipinski definition) is 10. The maximum atomic E-state index is 12.5. The Hall–Kier alpha value is -2.63. The molecule has 0 aliphatic heterocycles. The molecule has 0 aromatic carbocycles. The molecule has 310 valence electrons. The van der Waals surface area contributed by atoms with Gasteiger partial charge in [-0.3, -0.25) is 18.6 Å². The van der Waals surface area contributed by atoms with Crippen LogP contribution in [0.2, 0.25) is 0 Å². The second-order valence-corrected chi connectivity index (χ2v) is 14.6. The molecule has 0 saturated carbocycles. The van der Waals surface area contributed by atoms with Gasteiger partial charge in [0.15, 0.2) is 6.10 Å². The molecule has 0 aliphatic carbocycles. The zero-order valence-electron chi connectivity index (χ0n) is 33.1. The molecular weight excluding hydrogens is 709 g/mol. The average molecular weight is 782 g/mol. The van der Waals surface area contributed by atoms with Crippen LogP contribution < -0.4 is 5.73 Å². The summed E-state index contributed by atoms with van der Waals surface area (Å²) in [4.78, 5) is 34.7. The van der Waals surface area contributed by atoms with Gasteiger partial charge in [-0.1, -0.05) is 157 Å². The van der Waals surface area contributed by atoms with E-state index in [1.54, 1.807) is 30.4 Å². The number of nitrogens with two attached hydrogens (primary N) is 1. The van der Waals surface area contributed by atoms with Gasteiger partial charge in [-0.25, -0.2) is 4.57 Å². The Morgan fingerprint density at radius 1 is 0.685 bits per heavy atom. The van der Waals surface area contributed by atoms with E-state index >= 15 is 0 Å². The van der Waals surface area contributed by atoms with E-state index in [1.807, 2.05) is 42.5 Å². The third-order valence-corrected chi connectivity index (χ3v) is 9.02. The number of esters is 2. The van der Waals surface area contributed by atoms with Crippen molar-refractivity contribution in [1.29, 1.82) is 0 Å². The fraction of sp³-hybridized carbons (Fsp3) is 0.667. The molecule has 0 bridgehead atoms. The first-order valence-electron chi connectivity index (χ1n) is 20.1. The van der Waals surface area contributed by atoms with E-state index < -0.39 is 44.7 Å². The summed E-state index contributed by atoms with van der Waals surface area (Å²) in [6.07, 6.45) is 37.3. The highest BCUT2D eigenvalue weighted by Crippen LogP contribution is 2.43. The standard InChI is InChI=1S/C42H72NO10P/c1-3-5-7-8-9-10-11-12-13-17-20-26-33-42(47)53-40(37-52-54(48,49)51-35-34-43)36-50-41(46)32-27-21-25-31-39(45)30-24-19-16-14-15-18-23-29-38(44)28-22-6-4-2/h6,15-16,18-19,22-25,29-31,38-40,44-45H,3-5,7-14,17,20-21,26-28,32-37,43H2,1-2H3,(H,48,49)/b18-15-,19-16-,22-6-,29-23+,30-24+,31-25-/t38-,39-,40-/m1/s1. The van der Waals surface area contributed by atoms with Crippen LogP contribution >= 0.6 is 7.82 Å². The maximum absolute atomic E-state index is 12.5. The number of phosphoric acid groups is 1. The number of hydrogen-bond donors (Lipinski definition) is 4. The van der Waals surface area contributed by atoms with Gasteiger partial charge in [0.2, 0.25) is 0 Å². The van der Waals surface area contributed by atoms with Gasteiger partial charge in [0.25, 0.3) is 0 Å². The molecule has 11 nitrogen and oxygen atoms in total. The number of aliphatic hydroxyl groups is 2. The highest BCUT2D eigenvalue weighted by molar-refractivity contribution is 7.47. The minimum absolute atomic E-state index is 0.0216. The molecular formula is C42H72NO10P. The predicted octanol–water partition coefficient (Wildman–Crippen LogP) is 9.04. The van der Waals surface area contributed by atoms with E-state index in [1.165, 1.54) is 51.4 Å². The molecule has 5 N–H and O–H groups in total. The lowest BCUT2D eigenvalue weighted by Crippen LogP contribution is -2.29. The van der Waals surface area contributed by atoms with E-state index in [9.17, 15) is 29.3 Å². The highest BCUT2D eigenvalue weighted by atomic mass is 31.2. The van der Waals surface area contributed by atoms with E-state index in [2.05, 4.69) is 13.8 Å². The van der Waals surface area contributed by atoms with E-state index in [-0.39, 0.29) is 32.6 Å². The average Bonchev–Trinajstić information content (AvgIpc) is 3.14. The summed E-state index contributed by atoms with van der Waals surface area (Å²) in [7, 11) is -4.42. The molecule has 0 spiro atoms. The molecule has 0 radical (unpaired) electrons. The first kappa shape index (κ1) is 51.4. The zero-order chi connectivity index (χ0) is 40.0. The quantitative estimate of drug-likeness (QED) is 0.0157. The number of ether oxygens (including phenoxy) is 2. The molecule has 54 heavy (non-hydrogen) atoms. The zero-order valence-corrected chi connectivity index (χ0v) is 34.0. The van der Waals surface area contributed by atoms with Crippen molar-refractivity contribution in [2.24, 2.45) is 5.73 Å². The Kier molecular flexibility index (Phi) is 35.5. The Morgan fingerprint density at radius 3 is 1.93 bits per heavy atom. The summed E-state index contributed by atoms with van der Waals surface area (Å²) in [5.41, 5.74) is 5.32. The first-order valence-corrected chi connectivity index (χ1v) is 21.6. The van der Waals surface area contributed by atoms with Gasteiger partial charge >= 0.3 is 19.8 Å². The lowest BCUT2D eigenvalue weighted by molar-refractivity contribution is -0.161. The van der Waals surface area contributed by atoms with Crippen LogP contribution in [0.5, 0.6) is 0 Å². The van der Waals surface area contributed by atoms with Crippen molar-refractivity contribution in [2.75, 3.05) is 26.4 Å². The summed E-state index contributed by atoms with van der Waals surface area (Å²) in [6.45, 7) is 3.29. The fourth-order valence-corrected chi connectivity index (χ4v) is 5.79. The van der Waals surface area contributed by atoms with Crippen molar-refractivity contribution in [2.45, 2.75) is 154 Å². The highest BCUT2D eigenvalue weighted by Gasteiger charge is 2.26. The van der Waals surface area contributed by atoms with Crippen LogP contribution in [-0.2, 0) is 32.7 Å². The third kappa shape index (κ3) is 36.4. The van der Waals surface area contributed by atoms with Gasteiger partial charge < -0.3 is 30.3 Å². The Labute approximate surface area is 326 Å². The van der Waals surface area contributed by atoms with Gasteiger partial charge in [-0.2, -0.15) is 0 Å². The van der Waals surface area contributed by atoms with Crippen molar-refractivity contribution in [3.8, 4) is 0 Å². The molecule has 12 heteroatoms. The van der Waals surface area contributed by atoms with Crippen LogP contribution in [0, 0.1) is 0 Å². The van der Waals surface area contributed by atoms with Crippen molar-refractivity contribution >= 4 is 19.8 Å². The first-order chi connectivity index (χ1) is 26.1. The Morgan fingerprint density at radius 2 is 1.30 bits per heavy atom. The minimum atomic E-state index is -4.42. The predicted molar refractivity (Wildman–Crippen MR) is 218 cm³/mol. The van der Waals surface area contributed by atoms with Crippen molar-refractivity contribution in [1.82, 2.24) is 0 Å². The second-order valence-electron chi connectivity index (χ2n) is 13.2. The molecule has 0 aromatic rings. The number of carbonyl (C=O) groups is 2. The van der Waals surface area contributed by atoms with Gasteiger partial charge in [0, 0.05) is 19.4 Å². The second kappa shape index (κ2) is 37.3. The minimum Gasteiger partial charge on any atom is -0.462 e. The summed E-state index contributed by atoms with van der Waals surface area (Å²) in [5, 5.41) is 19.9. The van der Waals surface area contributed by atoms with E-state index in [0.29, 0.717) is 32.1 Å². The molecule has 0 aliphatic rings. The van der Waals surface area contributed by atoms with Gasteiger partial charge in [0.05, 0.1) is 25.4 Å². The topological polar surface area (TPSA) is 175 Å². The lowest BCUT2D eigenvalue weighted by Gasteiger charge is -2.19. The molecule has 0 heterocycles. The molecule has 0 rings (SSSR count). The number of unbranched alkanes of at least 4 members (excludes halogenated alkanes) is 12. The Bertz CT molecular complexity index is 1150. The Balaban J connectivity index is 4.46. The monoisotopic (exact) mass is 781 g/mol. The summed E-state index contributed by atoms with van der Waals surface area (Å²) >= 11 is 0. The summed E-state index contributed by atoms with van der Waals surface area (Å²) in [6, 6.07) is 0. The summed E-state index contributed by atoms with van der Waals surface area (Å²) < 4.78 is 32.5. The van der Waals surface area contributed by atoms with Crippen molar-refractivity contribution < 1.29 is 47.8 Å². The van der Waals surface area contributed by atoms with Gasteiger partial charge in [-0.15, -0.1) is 0 Å². The molecule has 0 aromatic heterocycles. The molecule has 0 amide bonds. The third-order valence-electron chi connectivity index (χ3n) is 8.03. The number of aliphatic hydroxyl groups excluding tert-OH is 2. The fourth-order valence-electron chi connectivity index (χ4n) is 5.02. The smallest absolute Gasteiger partial charge is 0.462 e. The van der Waals surface area contributed by atoms with Crippen LogP contribution in [0.25, 0.3) is 0 Å². The van der Waals surface area contributed by atoms with Crippen molar-refractivity contribution in [3.05, 3.63) is 72.9 Å². The van der Waals surface area contributed by atoms with Gasteiger partial charge in [0.1, 0.15) is 6.61 Å². The molecule has 0 saturated heterocycles. The van der Waals surface area contributed by atoms with Crippen LogP contribution in [-0.4, -0.2) is 71.7 Å². The van der Waals surface area contributed by atoms with Crippen LogP contribution in [0.1, 0.15) is 136 Å². The largest absolute Gasteiger partial charge is 0.472 e. The van der Waals surface area contributed by atoms with Crippen LogP contribution in [0.15, 0.2) is 72.9 Å². The van der Waals surface area contributed by atoms with Crippen LogP contribution in [0.4, 0.5) is 0 Å². The van der Waals surface area contributed by atoms with E-state index in [0.717, 1.165) is 25.7 Å². The van der Waals surface area contributed by atoms with Gasteiger partial charge in [-0.05, 0) is 38.5 Å².